The number of nitrogens with zero attached hydrogens (tertiary/aromatic N) is 2. The first-order valence-corrected chi connectivity index (χ1v) is 6.84. The van der Waals surface area contributed by atoms with Crippen molar-refractivity contribution in [3.05, 3.63) is 70.4 Å². The Morgan fingerprint density at radius 2 is 1.68 bits per heavy atom. The van der Waals surface area contributed by atoms with Crippen LogP contribution in [0, 0.1) is 12.7 Å². The number of aryl methyl sites for hydroxylation is 1. The smallest absolute Gasteiger partial charge is 0.227 e. The summed E-state index contributed by atoms with van der Waals surface area (Å²) in [4.78, 5) is 7.64. The van der Waals surface area contributed by atoms with Crippen LogP contribution in [0.25, 0.3) is 10.9 Å². The number of halogens is 4. The quantitative estimate of drug-likeness (QED) is 0.629. The zero-order chi connectivity index (χ0) is 15.9. The third-order valence-electron chi connectivity index (χ3n) is 3.29. The number of fused-ring (bicyclic) bond motifs is 1. The molecule has 0 unspecified atom stereocenters. The molecule has 0 bridgehead atoms. The van der Waals surface area contributed by atoms with E-state index < -0.39 is 23.1 Å². The minimum atomic E-state index is -3.46. The van der Waals surface area contributed by atoms with Gasteiger partial charge >= 0.3 is 5.92 Å². The van der Waals surface area contributed by atoms with Crippen molar-refractivity contribution in [3.63, 3.8) is 0 Å². The summed E-state index contributed by atoms with van der Waals surface area (Å²) in [6.45, 7) is 1.83. The zero-order valence-electron chi connectivity index (χ0n) is 11.4. The topological polar surface area (TPSA) is 25.8 Å². The van der Waals surface area contributed by atoms with Crippen molar-refractivity contribution in [2.24, 2.45) is 0 Å². The fourth-order valence-corrected chi connectivity index (χ4v) is 2.37. The minimum Gasteiger partial charge on any atom is -0.227 e. The lowest BCUT2D eigenvalue weighted by molar-refractivity contribution is 0.0331. The fraction of sp³-hybridized carbons (Fsp3) is 0.125. The monoisotopic (exact) mass is 322 g/mol. The normalized spacial score (nSPS) is 11.9. The lowest BCUT2D eigenvalue weighted by atomic mass is 10.1. The Morgan fingerprint density at radius 1 is 1.00 bits per heavy atom. The van der Waals surface area contributed by atoms with Crippen molar-refractivity contribution in [3.8, 4) is 0 Å². The number of hydrogen-bond acceptors (Lipinski definition) is 2. The van der Waals surface area contributed by atoms with Crippen LogP contribution >= 0.6 is 11.6 Å². The van der Waals surface area contributed by atoms with Gasteiger partial charge in [-0.3, -0.25) is 0 Å². The van der Waals surface area contributed by atoms with Crippen LogP contribution < -0.4 is 0 Å². The highest BCUT2D eigenvalue weighted by molar-refractivity contribution is 6.34. The first kappa shape index (κ1) is 14.8. The molecule has 3 aromatic rings. The molecule has 2 aromatic carbocycles. The number of benzene rings is 2. The van der Waals surface area contributed by atoms with Gasteiger partial charge in [-0.25, -0.2) is 14.4 Å². The summed E-state index contributed by atoms with van der Waals surface area (Å²) in [5, 5.41) is 0.465. The van der Waals surface area contributed by atoms with Crippen molar-refractivity contribution in [1.29, 1.82) is 0 Å². The summed E-state index contributed by atoms with van der Waals surface area (Å²) in [6.07, 6.45) is 0. The molecule has 0 saturated carbocycles. The van der Waals surface area contributed by atoms with E-state index >= 15 is 0 Å². The fourth-order valence-electron chi connectivity index (χ4n) is 2.13. The second-order valence-corrected chi connectivity index (χ2v) is 5.30. The molecule has 0 fully saturated rings. The van der Waals surface area contributed by atoms with Gasteiger partial charge in [0.2, 0.25) is 5.82 Å². The predicted molar refractivity (Wildman–Crippen MR) is 78.7 cm³/mol. The van der Waals surface area contributed by atoms with Crippen LogP contribution in [0.5, 0.6) is 0 Å². The van der Waals surface area contributed by atoms with E-state index in [2.05, 4.69) is 9.97 Å². The molecule has 0 N–H and O–H groups in total. The van der Waals surface area contributed by atoms with Crippen LogP contribution in [0.3, 0.4) is 0 Å². The van der Waals surface area contributed by atoms with Gasteiger partial charge in [-0.1, -0.05) is 17.7 Å². The average molecular weight is 323 g/mol. The Hall–Kier alpha value is -2.14. The molecule has 1 aromatic heterocycles. The van der Waals surface area contributed by atoms with Gasteiger partial charge in [0.15, 0.2) is 0 Å². The summed E-state index contributed by atoms with van der Waals surface area (Å²) < 4.78 is 41.9. The standard InChI is InChI=1S/C16H10ClF3N2/c1-9-2-7-12-13(8-9)21-15(22-14(12)17)16(19,20)10-3-5-11(18)6-4-10/h2-8H,1H3. The largest absolute Gasteiger partial charge is 0.331 e. The van der Waals surface area contributed by atoms with Gasteiger partial charge in [0.05, 0.1) is 5.52 Å². The van der Waals surface area contributed by atoms with Crippen LogP contribution in [0.2, 0.25) is 5.15 Å². The van der Waals surface area contributed by atoms with Gasteiger partial charge < -0.3 is 0 Å². The van der Waals surface area contributed by atoms with E-state index in [1.807, 2.05) is 6.92 Å². The van der Waals surface area contributed by atoms with Gasteiger partial charge in [-0.15, -0.1) is 0 Å². The number of aromatic nitrogens is 2. The van der Waals surface area contributed by atoms with Crippen molar-refractivity contribution in [1.82, 2.24) is 9.97 Å². The van der Waals surface area contributed by atoms with Crippen LogP contribution in [0.1, 0.15) is 17.0 Å². The Bertz CT molecular complexity index is 848. The molecule has 6 heteroatoms. The lowest BCUT2D eigenvalue weighted by Gasteiger charge is -2.16. The average Bonchev–Trinajstić information content (AvgIpc) is 2.47. The minimum absolute atomic E-state index is 0.0400. The van der Waals surface area contributed by atoms with Crippen molar-refractivity contribution < 1.29 is 13.2 Å². The Morgan fingerprint density at radius 3 is 2.36 bits per heavy atom. The molecule has 112 valence electrons. The highest BCUT2D eigenvalue weighted by Gasteiger charge is 2.38. The van der Waals surface area contributed by atoms with E-state index in [0.29, 0.717) is 10.9 Å². The number of alkyl halides is 2. The first-order chi connectivity index (χ1) is 10.4. The summed E-state index contributed by atoms with van der Waals surface area (Å²) >= 11 is 5.99. The molecular weight excluding hydrogens is 313 g/mol. The summed E-state index contributed by atoms with van der Waals surface area (Å²) in [5.74, 6) is -4.76. The van der Waals surface area contributed by atoms with E-state index in [1.165, 1.54) is 0 Å². The van der Waals surface area contributed by atoms with Crippen LogP contribution in [0.15, 0.2) is 42.5 Å². The van der Waals surface area contributed by atoms with Crippen LogP contribution in [-0.4, -0.2) is 9.97 Å². The zero-order valence-corrected chi connectivity index (χ0v) is 12.2. The van der Waals surface area contributed by atoms with Gasteiger partial charge in [-0.05, 0) is 48.9 Å². The maximum absolute atomic E-state index is 14.5. The summed E-state index contributed by atoms with van der Waals surface area (Å²) in [7, 11) is 0. The maximum atomic E-state index is 14.5. The van der Waals surface area contributed by atoms with Gasteiger partial charge in [0.25, 0.3) is 0 Å². The molecule has 3 rings (SSSR count). The van der Waals surface area contributed by atoms with Gasteiger partial charge in [0.1, 0.15) is 11.0 Å². The van der Waals surface area contributed by atoms with Crippen molar-refractivity contribution in [2.45, 2.75) is 12.8 Å². The molecule has 1 heterocycles. The van der Waals surface area contributed by atoms with E-state index in [0.717, 1.165) is 29.8 Å². The molecule has 22 heavy (non-hydrogen) atoms. The number of hydrogen-bond donors (Lipinski definition) is 0. The molecule has 0 aliphatic rings. The van der Waals surface area contributed by atoms with E-state index in [9.17, 15) is 13.2 Å². The van der Waals surface area contributed by atoms with E-state index in [-0.39, 0.29) is 5.15 Å². The molecule has 0 saturated heterocycles. The SMILES string of the molecule is Cc1ccc2c(Cl)nc(C(F)(F)c3ccc(F)cc3)nc2c1. The molecule has 0 aliphatic carbocycles. The second kappa shape index (κ2) is 5.25. The first-order valence-electron chi connectivity index (χ1n) is 6.46. The van der Waals surface area contributed by atoms with Crippen molar-refractivity contribution >= 4 is 22.5 Å². The van der Waals surface area contributed by atoms with E-state index in [1.54, 1.807) is 18.2 Å². The highest BCUT2D eigenvalue weighted by Crippen LogP contribution is 2.35. The summed E-state index contributed by atoms with van der Waals surface area (Å²) in [6, 6.07) is 9.10. The third-order valence-corrected chi connectivity index (χ3v) is 3.58. The molecule has 2 nitrogen and oxygen atoms in total. The predicted octanol–water partition coefficient (Wildman–Crippen LogP) is 4.87. The van der Waals surface area contributed by atoms with Gasteiger partial charge in [-0.2, -0.15) is 8.78 Å². The van der Waals surface area contributed by atoms with Crippen LogP contribution in [-0.2, 0) is 5.92 Å². The Balaban J connectivity index is 2.17. The second-order valence-electron chi connectivity index (χ2n) is 4.94. The highest BCUT2D eigenvalue weighted by atomic mass is 35.5. The van der Waals surface area contributed by atoms with Gasteiger partial charge in [0, 0.05) is 10.9 Å². The molecule has 0 atom stereocenters. The molecule has 0 amide bonds. The molecule has 0 aliphatic heterocycles. The van der Waals surface area contributed by atoms with Crippen molar-refractivity contribution in [2.75, 3.05) is 0 Å². The van der Waals surface area contributed by atoms with Crippen LogP contribution in [0.4, 0.5) is 13.2 Å². The maximum Gasteiger partial charge on any atom is 0.331 e. The lowest BCUT2D eigenvalue weighted by Crippen LogP contribution is -2.19. The number of rotatable bonds is 2. The van der Waals surface area contributed by atoms with E-state index in [4.69, 9.17) is 11.6 Å². The summed E-state index contributed by atoms with van der Waals surface area (Å²) in [5.41, 5.74) is 0.826. The molecule has 0 radical (unpaired) electrons. The Kier molecular flexibility index (Phi) is 3.53. The molecular formula is C16H10ClF3N2. The third kappa shape index (κ3) is 2.52. The molecule has 0 spiro atoms. The Labute approximate surface area is 129 Å².